The van der Waals surface area contributed by atoms with E-state index in [9.17, 15) is 9.59 Å². The molecule has 1 atom stereocenters. The lowest BCUT2D eigenvalue weighted by molar-refractivity contribution is -0.119. The molecule has 0 aliphatic carbocycles. The molecule has 2 rings (SSSR count). The summed E-state index contributed by atoms with van der Waals surface area (Å²) in [4.78, 5) is 27.5. The molecule has 6 nitrogen and oxygen atoms in total. The summed E-state index contributed by atoms with van der Waals surface area (Å²) in [5.74, 6) is -1.12. The van der Waals surface area contributed by atoms with Crippen LogP contribution in [0.5, 0.6) is 0 Å². The molecular weight excluding hydrogens is 280 g/mol. The van der Waals surface area contributed by atoms with Crippen LogP contribution in [0.15, 0.2) is 48.7 Å². The number of primary amides is 1. The van der Waals surface area contributed by atoms with Gasteiger partial charge in [0.15, 0.2) is 0 Å². The third kappa shape index (κ3) is 3.90. The third-order valence-electron chi connectivity index (χ3n) is 3.04. The summed E-state index contributed by atoms with van der Waals surface area (Å²) in [5, 5.41) is 11.4. The predicted molar refractivity (Wildman–Crippen MR) is 79.5 cm³/mol. The van der Waals surface area contributed by atoms with E-state index in [-0.39, 0.29) is 12.1 Å². The van der Waals surface area contributed by atoms with Crippen molar-refractivity contribution in [3.05, 3.63) is 65.5 Å². The Kier molecular flexibility index (Phi) is 4.83. The molecule has 0 bridgehead atoms. The Morgan fingerprint density at radius 3 is 2.73 bits per heavy atom. The van der Waals surface area contributed by atoms with E-state index in [1.807, 2.05) is 6.07 Å². The molecule has 0 unspecified atom stereocenters. The number of pyridine rings is 1. The van der Waals surface area contributed by atoms with Crippen LogP contribution in [0.1, 0.15) is 21.6 Å². The summed E-state index contributed by atoms with van der Waals surface area (Å²) in [6.45, 7) is 0. The first-order valence-electron chi connectivity index (χ1n) is 6.60. The second kappa shape index (κ2) is 6.99. The van der Waals surface area contributed by atoms with Gasteiger partial charge in [-0.2, -0.15) is 5.26 Å². The lowest BCUT2D eigenvalue weighted by Gasteiger charge is -2.15. The Bertz CT molecular complexity index is 722. The van der Waals surface area contributed by atoms with Crippen molar-refractivity contribution in [3.63, 3.8) is 0 Å². The van der Waals surface area contributed by atoms with E-state index in [1.165, 1.54) is 6.20 Å². The van der Waals surface area contributed by atoms with Crippen LogP contribution in [0, 0.1) is 11.3 Å². The molecule has 0 saturated heterocycles. The first-order chi connectivity index (χ1) is 10.6. The fourth-order valence-electron chi connectivity index (χ4n) is 1.96. The van der Waals surface area contributed by atoms with Crippen LogP contribution in [0.2, 0.25) is 0 Å². The number of nitriles is 1. The number of hydrogen-bond acceptors (Lipinski definition) is 4. The highest BCUT2D eigenvalue weighted by Crippen LogP contribution is 2.07. The highest BCUT2D eigenvalue weighted by molar-refractivity contribution is 5.95. The Morgan fingerprint density at radius 1 is 1.27 bits per heavy atom. The minimum atomic E-state index is -0.872. The van der Waals surface area contributed by atoms with E-state index < -0.39 is 17.9 Å². The Morgan fingerprint density at radius 2 is 2.09 bits per heavy atom. The van der Waals surface area contributed by atoms with Crippen molar-refractivity contribution in [3.8, 4) is 6.07 Å². The number of nitrogens with one attached hydrogen (secondary N) is 1. The summed E-state index contributed by atoms with van der Waals surface area (Å²) in [5.41, 5.74) is 6.77. The van der Waals surface area contributed by atoms with Crippen molar-refractivity contribution in [2.24, 2.45) is 5.73 Å². The number of nitrogens with two attached hydrogens (primary N) is 1. The Hall–Kier alpha value is -3.20. The van der Waals surface area contributed by atoms with E-state index in [4.69, 9.17) is 11.0 Å². The Labute approximate surface area is 127 Å². The van der Waals surface area contributed by atoms with Crippen molar-refractivity contribution >= 4 is 11.8 Å². The average molecular weight is 294 g/mol. The fourth-order valence-corrected chi connectivity index (χ4v) is 1.96. The number of nitrogens with zero attached hydrogens (tertiary/aromatic N) is 2. The number of amides is 2. The van der Waals surface area contributed by atoms with Gasteiger partial charge in [-0.25, -0.2) is 0 Å². The van der Waals surface area contributed by atoms with Crippen LogP contribution in [0.4, 0.5) is 0 Å². The number of carbonyl (C=O) groups excluding carboxylic acids is 2. The van der Waals surface area contributed by atoms with Crippen molar-refractivity contribution in [2.75, 3.05) is 0 Å². The van der Waals surface area contributed by atoms with Crippen LogP contribution < -0.4 is 11.1 Å². The summed E-state index contributed by atoms with van der Waals surface area (Å²) in [7, 11) is 0. The van der Waals surface area contributed by atoms with Gasteiger partial charge in [0.05, 0.1) is 11.6 Å². The average Bonchev–Trinajstić information content (AvgIpc) is 2.55. The zero-order valence-corrected chi connectivity index (χ0v) is 11.7. The van der Waals surface area contributed by atoms with Gasteiger partial charge < -0.3 is 11.1 Å². The Balaban J connectivity index is 2.12. The topological polar surface area (TPSA) is 109 Å². The lowest BCUT2D eigenvalue weighted by Crippen LogP contribution is -2.46. The molecule has 6 heteroatoms. The first kappa shape index (κ1) is 15.2. The molecular formula is C16H14N4O2. The summed E-state index contributed by atoms with van der Waals surface area (Å²) < 4.78 is 0. The monoisotopic (exact) mass is 294 g/mol. The van der Waals surface area contributed by atoms with Crippen molar-refractivity contribution in [2.45, 2.75) is 12.5 Å². The minimum absolute atomic E-state index is 0.208. The molecule has 1 heterocycles. The second-order valence-electron chi connectivity index (χ2n) is 4.66. The number of aromatic nitrogens is 1. The van der Waals surface area contributed by atoms with E-state index in [0.717, 1.165) is 5.56 Å². The van der Waals surface area contributed by atoms with Crippen molar-refractivity contribution < 1.29 is 9.59 Å². The van der Waals surface area contributed by atoms with Gasteiger partial charge in [-0.3, -0.25) is 14.6 Å². The van der Waals surface area contributed by atoms with Crippen LogP contribution in [-0.2, 0) is 11.2 Å². The van der Waals surface area contributed by atoms with Crippen LogP contribution in [-0.4, -0.2) is 22.8 Å². The molecule has 0 spiro atoms. The van der Waals surface area contributed by atoms with Gasteiger partial charge in [0.1, 0.15) is 11.7 Å². The zero-order valence-electron chi connectivity index (χ0n) is 11.7. The van der Waals surface area contributed by atoms with Gasteiger partial charge in [-0.1, -0.05) is 18.2 Å². The van der Waals surface area contributed by atoms with Crippen LogP contribution in [0.3, 0.4) is 0 Å². The molecule has 0 saturated carbocycles. The second-order valence-corrected chi connectivity index (χ2v) is 4.66. The molecule has 2 aromatic rings. The maximum atomic E-state index is 12.0. The number of benzene rings is 1. The smallest absolute Gasteiger partial charge is 0.270 e. The zero-order chi connectivity index (χ0) is 15.9. The van der Waals surface area contributed by atoms with E-state index >= 15 is 0 Å². The molecule has 0 aliphatic rings. The fraction of sp³-hybridized carbons (Fsp3) is 0.125. The van der Waals surface area contributed by atoms with Gasteiger partial charge in [0.2, 0.25) is 5.91 Å². The quantitative estimate of drug-likeness (QED) is 0.849. The highest BCUT2D eigenvalue weighted by Gasteiger charge is 2.20. The number of rotatable bonds is 5. The van der Waals surface area contributed by atoms with Crippen molar-refractivity contribution in [1.29, 1.82) is 5.26 Å². The minimum Gasteiger partial charge on any atom is -0.368 e. The summed E-state index contributed by atoms with van der Waals surface area (Å²) >= 11 is 0. The molecule has 1 aromatic heterocycles. The molecule has 110 valence electrons. The van der Waals surface area contributed by atoms with E-state index in [0.29, 0.717) is 5.56 Å². The molecule has 2 amide bonds. The molecule has 0 radical (unpaired) electrons. The highest BCUT2D eigenvalue weighted by atomic mass is 16.2. The molecule has 0 aliphatic heterocycles. The molecule has 22 heavy (non-hydrogen) atoms. The van der Waals surface area contributed by atoms with Crippen LogP contribution >= 0.6 is 0 Å². The third-order valence-corrected chi connectivity index (χ3v) is 3.04. The largest absolute Gasteiger partial charge is 0.368 e. The maximum Gasteiger partial charge on any atom is 0.270 e. The molecule has 1 aromatic carbocycles. The normalized spacial score (nSPS) is 11.2. The predicted octanol–water partition coefficient (Wildman–Crippen LogP) is 0.780. The van der Waals surface area contributed by atoms with Gasteiger partial charge >= 0.3 is 0 Å². The summed E-state index contributed by atoms with van der Waals surface area (Å²) in [6, 6.07) is 12.9. The molecule has 3 N–H and O–H groups in total. The number of hydrogen-bond donors (Lipinski definition) is 2. The van der Waals surface area contributed by atoms with Gasteiger partial charge in [0.25, 0.3) is 5.91 Å². The van der Waals surface area contributed by atoms with Gasteiger partial charge in [-0.15, -0.1) is 0 Å². The first-order valence-corrected chi connectivity index (χ1v) is 6.60. The van der Waals surface area contributed by atoms with Crippen molar-refractivity contribution in [1.82, 2.24) is 10.3 Å². The van der Waals surface area contributed by atoms with Gasteiger partial charge in [0, 0.05) is 12.6 Å². The van der Waals surface area contributed by atoms with E-state index in [2.05, 4.69) is 10.3 Å². The van der Waals surface area contributed by atoms with E-state index in [1.54, 1.807) is 42.5 Å². The maximum absolute atomic E-state index is 12.0. The SMILES string of the molecule is N#Cc1cccc(C[C@H](NC(=O)c2ccccn2)C(N)=O)c1. The molecule has 0 fully saturated rings. The number of carbonyl (C=O) groups is 2. The lowest BCUT2D eigenvalue weighted by atomic mass is 10.0. The van der Waals surface area contributed by atoms with Gasteiger partial charge in [-0.05, 0) is 29.8 Å². The standard InChI is InChI=1S/C16H14N4O2/c17-10-12-5-3-4-11(8-12)9-14(15(18)21)20-16(22)13-6-1-2-7-19-13/h1-8,14H,9H2,(H2,18,21)(H,20,22)/t14-/m0/s1. The van der Waals surface area contributed by atoms with Crippen LogP contribution in [0.25, 0.3) is 0 Å². The summed E-state index contributed by atoms with van der Waals surface area (Å²) in [6.07, 6.45) is 1.70.